The van der Waals surface area contributed by atoms with Crippen LogP contribution in [-0.2, 0) is 9.53 Å². The Morgan fingerprint density at radius 2 is 2.19 bits per heavy atom. The van der Waals surface area contributed by atoms with E-state index in [1.807, 2.05) is 0 Å². The minimum atomic E-state index is -1.77. The number of ether oxygens (including phenoxy) is 1. The lowest BCUT2D eigenvalue weighted by atomic mass is 10.1. The molecule has 1 saturated heterocycles. The van der Waals surface area contributed by atoms with E-state index in [1.54, 1.807) is 20.9 Å². The van der Waals surface area contributed by atoms with Gasteiger partial charge in [-0.25, -0.2) is 9.37 Å². The second-order valence-corrected chi connectivity index (χ2v) is 6.30. The minimum Gasteiger partial charge on any atom is -0.394 e. The zero-order valence-electron chi connectivity index (χ0n) is 14.5. The molecule has 1 aliphatic rings. The number of carbonyl (C=O) groups is 1. The third-order valence-electron chi connectivity index (χ3n) is 4.17. The number of hydrogen-bond acceptors (Lipinski definition) is 8. The summed E-state index contributed by atoms with van der Waals surface area (Å²) >= 11 is 0. The number of imidazole rings is 1. The molecule has 11 heteroatoms. The van der Waals surface area contributed by atoms with Crippen molar-refractivity contribution in [3.05, 3.63) is 6.33 Å². The van der Waals surface area contributed by atoms with Crippen molar-refractivity contribution in [1.29, 1.82) is 0 Å². The molecule has 0 radical (unpaired) electrons. The highest BCUT2D eigenvalue weighted by atomic mass is 19.1. The minimum absolute atomic E-state index is 0.0370. The molecule has 3 heterocycles. The van der Waals surface area contributed by atoms with Gasteiger partial charge >= 0.3 is 0 Å². The van der Waals surface area contributed by atoms with Crippen molar-refractivity contribution in [2.75, 3.05) is 24.3 Å². The van der Waals surface area contributed by atoms with E-state index in [9.17, 15) is 19.4 Å². The molecule has 2 aromatic rings. The number of carbonyl (C=O) groups excluding carboxylic acids is 1. The van der Waals surface area contributed by atoms with Gasteiger partial charge in [0.15, 0.2) is 29.4 Å². The molecule has 2 aromatic heterocycles. The number of anilines is 2. The van der Waals surface area contributed by atoms with Gasteiger partial charge in [-0.3, -0.25) is 14.7 Å². The Labute approximate surface area is 148 Å². The molecule has 10 nitrogen and oxygen atoms in total. The highest BCUT2D eigenvalue weighted by molar-refractivity contribution is 5.92. The Bertz CT molecular complexity index is 813. The van der Waals surface area contributed by atoms with Crippen LogP contribution in [0.4, 0.5) is 16.2 Å². The van der Waals surface area contributed by atoms with Gasteiger partial charge < -0.3 is 20.3 Å². The molecule has 1 aliphatic heterocycles. The van der Waals surface area contributed by atoms with Gasteiger partial charge in [0.1, 0.15) is 12.2 Å². The molecule has 0 unspecified atom stereocenters. The van der Waals surface area contributed by atoms with Gasteiger partial charge in [0.25, 0.3) is 0 Å². The van der Waals surface area contributed by atoms with E-state index in [0.29, 0.717) is 11.3 Å². The fraction of sp³-hybridized carbons (Fsp3) is 0.600. The second kappa shape index (κ2) is 7.09. The van der Waals surface area contributed by atoms with E-state index in [-0.39, 0.29) is 23.4 Å². The molecule has 3 rings (SSSR count). The molecule has 4 N–H and O–H groups in total. The van der Waals surface area contributed by atoms with E-state index < -0.39 is 31.2 Å². The number of alkyl halides is 1. The van der Waals surface area contributed by atoms with E-state index in [4.69, 9.17) is 4.74 Å². The van der Waals surface area contributed by atoms with Gasteiger partial charge in [-0.05, 0) is 0 Å². The molecule has 0 bridgehead atoms. The molecule has 26 heavy (non-hydrogen) atoms. The molecular formula is C15H21FN6O4. The Hall–Kier alpha value is -2.37. The normalized spacial score (nSPS) is 25.8. The average molecular weight is 368 g/mol. The first-order valence-corrected chi connectivity index (χ1v) is 8.19. The van der Waals surface area contributed by atoms with Crippen LogP contribution in [0.3, 0.4) is 0 Å². The summed E-state index contributed by atoms with van der Waals surface area (Å²) in [5, 5.41) is 24.5. The lowest BCUT2D eigenvalue weighted by molar-refractivity contribution is -0.118. The molecule has 1 amide bonds. The molecule has 0 aliphatic carbocycles. The third-order valence-corrected chi connectivity index (χ3v) is 4.17. The van der Waals surface area contributed by atoms with Gasteiger partial charge in [0, 0.05) is 13.0 Å². The maximum Gasteiger partial charge on any atom is 0.233 e. The average Bonchev–Trinajstić information content (AvgIpc) is 3.15. The van der Waals surface area contributed by atoms with Crippen LogP contribution in [0, 0.1) is 5.92 Å². The van der Waals surface area contributed by atoms with Crippen LogP contribution in [0.15, 0.2) is 6.33 Å². The van der Waals surface area contributed by atoms with Crippen LogP contribution in [0.25, 0.3) is 11.2 Å². The maximum atomic E-state index is 14.4. The van der Waals surface area contributed by atoms with E-state index in [1.165, 1.54) is 10.9 Å². The van der Waals surface area contributed by atoms with Gasteiger partial charge in [0.05, 0.1) is 12.9 Å². The van der Waals surface area contributed by atoms with Crippen LogP contribution in [-0.4, -0.2) is 67.7 Å². The van der Waals surface area contributed by atoms with Gasteiger partial charge in [-0.15, -0.1) is 0 Å². The van der Waals surface area contributed by atoms with Crippen LogP contribution >= 0.6 is 0 Å². The summed E-state index contributed by atoms with van der Waals surface area (Å²) < 4.78 is 21.2. The zero-order valence-corrected chi connectivity index (χ0v) is 14.5. The molecule has 0 saturated carbocycles. The summed E-state index contributed by atoms with van der Waals surface area (Å²) in [6.07, 6.45) is -4.17. The van der Waals surface area contributed by atoms with Crippen molar-refractivity contribution in [3.63, 3.8) is 0 Å². The van der Waals surface area contributed by atoms with Crippen molar-refractivity contribution >= 4 is 28.8 Å². The first-order valence-electron chi connectivity index (χ1n) is 8.19. The number of nitrogens with zero attached hydrogens (tertiary/aromatic N) is 4. The first kappa shape index (κ1) is 18.4. The highest BCUT2D eigenvalue weighted by Gasteiger charge is 2.45. The van der Waals surface area contributed by atoms with E-state index in [2.05, 4.69) is 25.6 Å². The van der Waals surface area contributed by atoms with Crippen LogP contribution in [0.1, 0.15) is 20.1 Å². The fourth-order valence-electron chi connectivity index (χ4n) is 2.67. The summed E-state index contributed by atoms with van der Waals surface area (Å²) in [7, 11) is 1.63. The van der Waals surface area contributed by atoms with E-state index in [0.717, 1.165) is 0 Å². The van der Waals surface area contributed by atoms with Crippen molar-refractivity contribution in [2.24, 2.45) is 5.92 Å². The SMILES string of the molecule is CNc1nc(NC(=O)C(C)C)nc2c1ncn2[C@@H]1O[C@H](CO)[C@@H](O)[C@@H]1F. The Morgan fingerprint density at radius 3 is 2.77 bits per heavy atom. The summed E-state index contributed by atoms with van der Waals surface area (Å²) in [4.78, 5) is 24.5. The van der Waals surface area contributed by atoms with Crippen LogP contribution in [0.2, 0.25) is 0 Å². The second-order valence-electron chi connectivity index (χ2n) is 6.30. The predicted octanol–water partition coefficient (Wildman–Crippen LogP) is 0.0512. The molecule has 0 aromatic carbocycles. The Balaban J connectivity index is 2.03. The fourth-order valence-corrected chi connectivity index (χ4v) is 2.67. The van der Waals surface area contributed by atoms with Gasteiger partial charge in [-0.1, -0.05) is 13.8 Å². The molecular weight excluding hydrogens is 347 g/mol. The number of aliphatic hydroxyl groups is 2. The number of nitrogens with one attached hydrogen (secondary N) is 2. The van der Waals surface area contributed by atoms with Gasteiger partial charge in [0.2, 0.25) is 11.9 Å². The zero-order chi connectivity index (χ0) is 19.0. The number of rotatable bonds is 5. The van der Waals surface area contributed by atoms with Crippen molar-refractivity contribution in [3.8, 4) is 0 Å². The quantitative estimate of drug-likeness (QED) is 0.582. The van der Waals surface area contributed by atoms with Crippen molar-refractivity contribution in [1.82, 2.24) is 19.5 Å². The Morgan fingerprint density at radius 1 is 1.46 bits per heavy atom. The lowest BCUT2D eigenvalue weighted by Crippen LogP contribution is -2.30. The lowest BCUT2D eigenvalue weighted by Gasteiger charge is -2.16. The Kier molecular flexibility index (Phi) is 5.03. The number of aliphatic hydroxyl groups excluding tert-OH is 2. The number of hydrogen-bond donors (Lipinski definition) is 4. The summed E-state index contributed by atoms with van der Waals surface area (Å²) in [5.74, 6) is -0.157. The number of amides is 1. The number of halogens is 1. The summed E-state index contributed by atoms with van der Waals surface area (Å²) in [6, 6.07) is 0. The summed E-state index contributed by atoms with van der Waals surface area (Å²) in [5.41, 5.74) is 0.578. The standard InChI is InChI=1S/C15H21FN6O4/c1-6(2)13(25)21-15-19-11(17-3)9-12(20-15)22(5-18-9)14-8(16)10(24)7(4-23)26-14/h5-8,10,14,23-24H,4H2,1-3H3,(H2,17,19,20,21,25)/t7-,8+,10-,14-/m1/s1. The monoisotopic (exact) mass is 368 g/mol. The van der Waals surface area contributed by atoms with Crippen molar-refractivity contribution < 1.29 is 24.1 Å². The highest BCUT2D eigenvalue weighted by Crippen LogP contribution is 2.34. The molecule has 0 spiro atoms. The largest absolute Gasteiger partial charge is 0.394 e. The van der Waals surface area contributed by atoms with Gasteiger partial charge in [-0.2, -0.15) is 9.97 Å². The van der Waals surface area contributed by atoms with E-state index >= 15 is 0 Å². The molecule has 4 atom stereocenters. The van der Waals surface area contributed by atoms with Crippen molar-refractivity contribution in [2.45, 2.75) is 38.5 Å². The molecule has 1 fully saturated rings. The third kappa shape index (κ3) is 3.08. The molecule has 142 valence electrons. The number of aromatic nitrogens is 4. The van der Waals surface area contributed by atoms with Crippen LogP contribution < -0.4 is 10.6 Å². The smallest absolute Gasteiger partial charge is 0.233 e. The topological polar surface area (TPSA) is 134 Å². The maximum absolute atomic E-state index is 14.4. The first-order chi connectivity index (χ1) is 12.4. The summed E-state index contributed by atoms with van der Waals surface area (Å²) in [6.45, 7) is 2.94. The van der Waals surface area contributed by atoms with Crippen LogP contribution in [0.5, 0.6) is 0 Å². The predicted molar refractivity (Wildman–Crippen MR) is 90.2 cm³/mol. The number of fused-ring (bicyclic) bond motifs is 1.